The van der Waals surface area contributed by atoms with E-state index in [1.165, 1.54) is 40.4 Å². The first kappa shape index (κ1) is 37.5. The zero-order valence-electron chi connectivity index (χ0n) is 28.7. The summed E-state index contributed by atoms with van der Waals surface area (Å²) < 4.78 is 0. The summed E-state index contributed by atoms with van der Waals surface area (Å²) in [6.07, 6.45) is 3.78. The highest BCUT2D eigenvalue weighted by molar-refractivity contribution is 5.97. The van der Waals surface area contributed by atoms with Crippen molar-refractivity contribution in [2.75, 3.05) is 26.2 Å². The number of nitrogens with zero attached hydrogens (tertiary/aromatic N) is 4. The third-order valence-electron chi connectivity index (χ3n) is 9.91. The van der Waals surface area contributed by atoms with Crippen molar-refractivity contribution in [1.29, 1.82) is 0 Å². The van der Waals surface area contributed by atoms with Crippen molar-refractivity contribution in [3.8, 4) is 0 Å². The molecule has 4 aliphatic rings. The summed E-state index contributed by atoms with van der Waals surface area (Å²) in [6.45, 7) is 7.30. The van der Waals surface area contributed by atoms with Crippen LogP contribution in [-0.2, 0) is 38.4 Å². The van der Waals surface area contributed by atoms with Gasteiger partial charge in [-0.3, -0.25) is 33.6 Å². The third kappa shape index (κ3) is 8.31. The lowest BCUT2D eigenvalue weighted by molar-refractivity contribution is -0.149. The monoisotopic (exact) mass is 690 g/mol. The predicted octanol–water partition coefficient (Wildman–Crippen LogP) is -2.10. The number of carboxylic acid groups (broad SMARTS) is 1. The lowest BCUT2D eigenvalue weighted by Crippen LogP contribution is -2.58. The molecule has 0 aromatic rings. The Bertz CT molecular complexity index is 1340. The standard InChI is InChI=1S/C32H50N8O9/c1-17(33)28(44)37-13-5-9-21(37)25(41)34-18(2)29(45)38-14-6-10-22(38)26(42)35-19(3)30(46)39-15-7-11-23(39)27(43)36-20(4)31(47)40-16-8-12-24(40)32(48)49/h17-24H,5-16,33H2,1-4H3,(H,34,41)(H,35,42)(H,36,43)(H,48,49)/t17-,18-,19-,20-,21+,22+,23+,24+/m1/s1. The SMILES string of the molecule is C[C@@H](N)C(=O)N1CCC[C@H]1C(=O)N[C@H](C)C(=O)N1CCC[C@H]1C(=O)N[C@H](C)C(=O)N1CCC[C@H]1C(=O)N[C@H](C)C(=O)N1CCC[C@H]1C(=O)O. The van der Waals surface area contributed by atoms with Gasteiger partial charge in [-0.2, -0.15) is 0 Å². The Hall–Kier alpha value is -4.28. The van der Waals surface area contributed by atoms with Crippen molar-refractivity contribution in [2.45, 2.75) is 127 Å². The number of carbonyl (C=O) groups excluding carboxylic acids is 7. The molecule has 0 saturated carbocycles. The summed E-state index contributed by atoms with van der Waals surface area (Å²) in [7, 11) is 0. The van der Waals surface area contributed by atoms with Crippen LogP contribution in [0, 0.1) is 0 Å². The predicted molar refractivity (Wildman–Crippen MR) is 173 cm³/mol. The van der Waals surface area contributed by atoms with Crippen LogP contribution >= 0.6 is 0 Å². The van der Waals surface area contributed by atoms with Crippen LogP contribution in [0.4, 0.5) is 0 Å². The van der Waals surface area contributed by atoms with Gasteiger partial charge in [-0.25, -0.2) is 4.79 Å². The Kier molecular flexibility index (Phi) is 12.2. The molecule has 272 valence electrons. The number of carbonyl (C=O) groups is 8. The normalized spacial score (nSPS) is 26.1. The lowest BCUT2D eigenvalue weighted by atomic mass is 10.1. The van der Waals surface area contributed by atoms with Gasteiger partial charge >= 0.3 is 5.97 Å². The van der Waals surface area contributed by atoms with Crippen LogP contribution in [0.5, 0.6) is 0 Å². The molecule has 0 radical (unpaired) electrons. The number of amides is 7. The first-order valence-corrected chi connectivity index (χ1v) is 17.2. The van der Waals surface area contributed by atoms with E-state index < -0.39 is 89.7 Å². The largest absolute Gasteiger partial charge is 0.480 e. The van der Waals surface area contributed by atoms with Crippen LogP contribution in [0.15, 0.2) is 0 Å². The van der Waals surface area contributed by atoms with Gasteiger partial charge in [0.05, 0.1) is 6.04 Å². The third-order valence-corrected chi connectivity index (χ3v) is 9.91. The number of carboxylic acids is 1. The molecule has 17 heteroatoms. The van der Waals surface area contributed by atoms with Gasteiger partial charge in [-0.15, -0.1) is 0 Å². The zero-order valence-corrected chi connectivity index (χ0v) is 28.7. The van der Waals surface area contributed by atoms with Gasteiger partial charge in [0.1, 0.15) is 42.3 Å². The molecule has 0 aromatic heterocycles. The molecule has 4 saturated heterocycles. The highest BCUT2D eigenvalue weighted by Gasteiger charge is 2.42. The first-order chi connectivity index (χ1) is 23.1. The summed E-state index contributed by atoms with van der Waals surface area (Å²) in [4.78, 5) is 109. The van der Waals surface area contributed by atoms with Crippen LogP contribution in [0.3, 0.4) is 0 Å². The highest BCUT2D eigenvalue weighted by Crippen LogP contribution is 2.23. The summed E-state index contributed by atoms with van der Waals surface area (Å²) in [6, 6.07) is -7.14. The Balaban J connectivity index is 1.30. The average molecular weight is 691 g/mol. The second-order valence-corrected chi connectivity index (χ2v) is 13.6. The van der Waals surface area contributed by atoms with Crippen molar-refractivity contribution in [1.82, 2.24) is 35.6 Å². The molecule has 4 fully saturated rings. The smallest absolute Gasteiger partial charge is 0.326 e. The van der Waals surface area contributed by atoms with E-state index in [9.17, 15) is 43.5 Å². The van der Waals surface area contributed by atoms with Crippen molar-refractivity contribution in [3.05, 3.63) is 0 Å². The molecule has 4 rings (SSSR count). The Morgan fingerprint density at radius 3 is 1.06 bits per heavy atom. The van der Waals surface area contributed by atoms with Crippen LogP contribution in [0.25, 0.3) is 0 Å². The van der Waals surface area contributed by atoms with E-state index in [-0.39, 0.29) is 25.5 Å². The minimum Gasteiger partial charge on any atom is -0.480 e. The van der Waals surface area contributed by atoms with Crippen molar-refractivity contribution in [2.24, 2.45) is 5.73 Å². The summed E-state index contributed by atoms with van der Waals surface area (Å²) in [5, 5.41) is 17.4. The number of nitrogens with one attached hydrogen (secondary N) is 3. The molecular formula is C32H50N8O9. The molecule has 0 unspecified atom stereocenters. The molecule has 4 heterocycles. The Morgan fingerprint density at radius 1 is 0.510 bits per heavy atom. The fraction of sp³-hybridized carbons (Fsp3) is 0.750. The molecule has 0 aliphatic carbocycles. The Labute approximate surface area is 285 Å². The van der Waals surface area contributed by atoms with Gasteiger partial charge in [-0.05, 0) is 79.1 Å². The summed E-state index contributed by atoms with van der Waals surface area (Å²) >= 11 is 0. The minimum absolute atomic E-state index is 0.270. The number of nitrogens with two attached hydrogens (primary N) is 1. The van der Waals surface area contributed by atoms with E-state index in [0.29, 0.717) is 57.9 Å². The second kappa shape index (κ2) is 16.0. The minimum atomic E-state index is -1.10. The molecule has 6 N–H and O–H groups in total. The highest BCUT2D eigenvalue weighted by atomic mass is 16.4. The van der Waals surface area contributed by atoms with Crippen LogP contribution in [-0.4, -0.2) is 147 Å². The zero-order chi connectivity index (χ0) is 36.2. The van der Waals surface area contributed by atoms with Crippen LogP contribution in [0.2, 0.25) is 0 Å². The molecule has 0 aromatic carbocycles. The molecule has 8 atom stereocenters. The van der Waals surface area contributed by atoms with E-state index in [1.807, 2.05) is 0 Å². The van der Waals surface area contributed by atoms with Crippen molar-refractivity contribution < 1.29 is 43.5 Å². The molecule has 4 aliphatic heterocycles. The van der Waals surface area contributed by atoms with Gasteiger partial charge in [0.25, 0.3) is 0 Å². The number of hydrogen-bond donors (Lipinski definition) is 5. The molecule has 7 amide bonds. The maximum atomic E-state index is 13.5. The topological polar surface area (TPSA) is 232 Å². The number of rotatable bonds is 11. The fourth-order valence-electron chi connectivity index (χ4n) is 7.32. The van der Waals surface area contributed by atoms with Gasteiger partial charge < -0.3 is 46.4 Å². The number of hydrogen-bond acceptors (Lipinski definition) is 9. The molecule has 17 nitrogen and oxygen atoms in total. The first-order valence-electron chi connectivity index (χ1n) is 17.2. The van der Waals surface area contributed by atoms with Crippen LogP contribution < -0.4 is 21.7 Å². The lowest BCUT2D eigenvalue weighted by Gasteiger charge is -2.31. The molecular weight excluding hydrogens is 640 g/mol. The molecule has 0 spiro atoms. The van der Waals surface area contributed by atoms with Crippen molar-refractivity contribution >= 4 is 47.3 Å². The summed E-state index contributed by atoms with van der Waals surface area (Å²) in [5.74, 6) is -4.43. The van der Waals surface area contributed by atoms with E-state index in [4.69, 9.17) is 5.73 Å². The Morgan fingerprint density at radius 2 is 0.776 bits per heavy atom. The van der Waals surface area contributed by atoms with Gasteiger partial charge in [0.15, 0.2) is 0 Å². The number of likely N-dealkylation sites (tertiary alicyclic amines) is 4. The maximum Gasteiger partial charge on any atom is 0.326 e. The van der Waals surface area contributed by atoms with Crippen LogP contribution in [0.1, 0.15) is 79.1 Å². The van der Waals surface area contributed by atoms with Gasteiger partial charge in [0, 0.05) is 26.2 Å². The fourth-order valence-corrected chi connectivity index (χ4v) is 7.32. The van der Waals surface area contributed by atoms with E-state index >= 15 is 0 Å². The van der Waals surface area contributed by atoms with Gasteiger partial charge in [-0.1, -0.05) is 0 Å². The second-order valence-electron chi connectivity index (χ2n) is 13.6. The molecule has 0 bridgehead atoms. The quantitative estimate of drug-likeness (QED) is 0.158. The van der Waals surface area contributed by atoms with Gasteiger partial charge in [0.2, 0.25) is 41.4 Å². The molecule has 49 heavy (non-hydrogen) atoms. The summed E-state index contributed by atoms with van der Waals surface area (Å²) in [5.41, 5.74) is 5.73. The van der Waals surface area contributed by atoms with Crippen molar-refractivity contribution in [3.63, 3.8) is 0 Å². The van der Waals surface area contributed by atoms with E-state index in [0.717, 1.165) is 0 Å². The van der Waals surface area contributed by atoms with E-state index in [1.54, 1.807) is 6.92 Å². The van der Waals surface area contributed by atoms with E-state index in [2.05, 4.69) is 16.0 Å². The number of aliphatic carboxylic acids is 1. The maximum absolute atomic E-state index is 13.5. The average Bonchev–Trinajstić information content (AvgIpc) is 3.89.